The second-order valence-corrected chi connectivity index (χ2v) is 8.96. The van der Waals surface area contributed by atoms with Crippen LogP contribution in [-0.4, -0.2) is 15.9 Å². The van der Waals surface area contributed by atoms with Crippen LogP contribution < -0.4 is 4.90 Å². The average molecular weight is 509 g/mol. The smallest absolute Gasteiger partial charge is 0.279 e. The van der Waals surface area contributed by atoms with Gasteiger partial charge in [0.2, 0.25) is 0 Å². The molecular formula is C24H17F6N3OS. The quantitative estimate of drug-likeness (QED) is 0.274. The summed E-state index contributed by atoms with van der Waals surface area (Å²) in [5, 5.41) is 0.143. The van der Waals surface area contributed by atoms with Gasteiger partial charge in [-0.15, -0.1) is 0 Å². The van der Waals surface area contributed by atoms with Crippen molar-refractivity contribution in [3.8, 4) is 0 Å². The third-order valence-corrected chi connectivity index (χ3v) is 6.41. The Kier molecular flexibility index (Phi) is 6.31. The highest BCUT2D eigenvalue weighted by molar-refractivity contribution is 7.22. The number of benzene rings is 2. The number of carbonyl (C=O) groups is 1. The molecule has 0 N–H and O–H groups in total. The van der Waals surface area contributed by atoms with Crippen molar-refractivity contribution in [1.29, 1.82) is 0 Å². The molecular weight excluding hydrogens is 492 g/mol. The number of alkyl halides is 6. The van der Waals surface area contributed by atoms with Gasteiger partial charge in [-0.2, -0.15) is 26.3 Å². The highest BCUT2D eigenvalue weighted by Crippen LogP contribution is 2.38. The number of fused-ring (bicyclic) bond motifs is 1. The van der Waals surface area contributed by atoms with Crippen LogP contribution in [0.1, 0.15) is 38.2 Å². The van der Waals surface area contributed by atoms with Crippen molar-refractivity contribution in [1.82, 2.24) is 9.97 Å². The molecule has 0 aliphatic rings. The summed E-state index contributed by atoms with van der Waals surface area (Å²) in [6, 6.07) is 7.77. The van der Waals surface area contributed by atoms with E-state index in [0.717, 1.165) is 32.1 Å². The number of amides is 1. The van der Waals surface area contributed by atoms with Gasteiger partial charge in [0.05, 0.1) is 27.9 Å². The van der Waals surface area contributed by atoms with Gasteiger partial charge in [-0.3, -0.25) is 14.7 Å². The summed E-state index contributed by atoms with van der Waals surface area (Å²) in [6.07, 6.45) is -7.19. The Labute approximate surface area is 199 Å². The molecule has 0 aliphatic heterocycles. The Bertz CT molecular complexity index is 1330. The number of aromatic nitrogens is 2. The van der Waals surface area contributed by atoms with E-state index in [1.807, 2.05) is 26.0 Å². The van der Waals surface area contributed by atoms with Crippen LogP contribution in [0.5, 0.6) is 0 Å². The van der Waals surface area contributed by atoms with Crippen molar-refractivity contribution >= 4 is 32.6 Å². The monoisotopic (exact) mass is 509 g/mol. The van der Waals surface area contributed by atoms with E-state index < -0.39 is 35.0 Å². The Hall–Kier alpha value is -3.47. The van der Waals surface area contributed by atoms with Gasteiger partial charge in [0, 0.05) is 18.0 Å². The fourth-order valence-electron chi connectivity index (χ4n) is 3.42. The first-order valence-corrected chi connectivity index (χ1v) is 11.0. The van der Waals surface area contributed by atoms with E-state index in [9.17, 15) is 31.1 Å². The average Bonchev–Trinajstić information content (AvgIpc) is 3.18. The highest BCUT2D eigenvalue weighted by Gasteiger charge is 2.38. The number of rotatable bonds is 4. The van der Waals surface area contributed by atoms with Gasteiger partial charge in [0.15, 0.2) is 5.13 Å². The molecule has 0 unspecified atom stereocenters. The zero-order valence-corrected chi connectivity index (χ0v) is 19.1. The number of hydrogen-bond donors (Lipinski definition) is 0. The molecule has 0 saturated heterocycles. The first-order valence-electron chi connectivity index (χ1n) is 10.2. The van der Waals surface area contributed by atoms with Crippen molar-refractivity contribution in [3.05, 3.63) is 88.2 Å². The molecule has 0 saturated carbocycles. The number of anilines is 1. The minimum Gasteiger partial charge on any atom is -0.279 e. The first kappa shape index (κ1) is 24.6. The van der Waals surface area contributed by atoms with Crippen LogP contribution >= 0.6 is 11.3 Å². The maximum absolute atomic E-state index is 13.5. The molecule has 0 spiro atoms. The van der Waals surface area contributed by atoms with Crippen LogP contribution in [-0.2, 0) is 18.9 Å². The molecule has 2 aromatic heterocycles. The number of hydrogen-bond acceptors (Lipinski definition) is 4. The van der Waals surface area contributed by atoms with Crippen molar-refractivity contribution in [2.45, 2.75) is 32.7 Å². The molecule has 182 valence electrons. The molecule has 11 heteroatoms. The third-order valence-electron chi connectivity index (χ3n) is 5.37. The summed E-state index contributed by atoms with van der Waals surface area (Å²) in [5.74, 6) is -1.04. The van der Waals surface area contributed by atoms with Crippen molar-refractivity contribution in [3.63, 3.8) is 0 Å². The Morgan fingerprint density at radius 1 is 0.943 bits per heavy atom. The molecule has 0 radical (unpaired) electrons. The minimum absolute atomic E-state index is 0.00845. The summed E-state index contributed by atoms with van der Waals surface area (Å²) in [4.78, 5) is 23.0. The zero-order chi connectivity index (χ0) is 25.5. The molecule has 4 nitrogen and oxygen atoms in total. The molecule has 4 rings (SSSR count). The lowest BCUT2D eigenvalue weighted by Gasteiger charge is -2.21. The summed E-state index contributed by atoms with van der Waals surface area (Å²) in [5.41, 5.74) is -0.854. The van der Waals surface area contributed by atoms with E-state index in [-0.39, 0.29) is 17.7 Å². The SMILES string of the molecule is Cc1cc2nc(N(Cc3cccnc3)C(=O)c3cc(C(F)(F)F)cc(C(F)(F)F)c3)sc2cc1C. The highest BCUT2D eigenvalue weighted by atomic mass is 32.1. The number of halogens is 6. The predicted octanol–water partition coefficient (Wildman–Crippen LogP) is 7.19. The lowest BCUT2D eigenvalue weighted by Crippen LogP contribution is -2.31. The summed E-state index contributed by atoms with van der Waals surface area (Å²) in [6.45, 7) is 3.63. The number of carbonyl (C=O) groups excluding carboxylic acids is 1. The largest absolute Gasteiger partial charge is 0.416 e. The number of pyridine rings is 1. The number of thiazole rings is 1. The van der Waals surface area contributed by atoms with Crippen LogP contribution in [0.2, 0.25) is 0 Å². The molecule has 4 aromatic rings. The molecule has 0 fully saturated rings. The normalized spacial score (nSPS) is 12.2. The van der Waals surface area contributed by atoms with Crippen molar-refractivity contribution in [2.75, 3.05) is 4.90 Å². The van der Waals surface area contributed by atoms with E-state index in [1.54, 1.807) is 12.1 Å². The Morgan fingerprint density at radius 3 is 2.14 bits per heavy atom. The van der Waals surface area contributed by atoms with Gasteiger partial charge in [-0.05, 0) is 66.9 Å². The molecule has 35 heavy (non-hydrogen) atoms. The van der Waals surface area contributed by atoms with Crippen LogP contribution in [0.15, 0.2) is 54.9 Å². The molecule has 0 atom stereocenters. The van der Waals surface area contributed by atoms with Crippen LogP contribution in [0.3, 0.4) is 0 Å². The van der Waals surface area contributed by atoms with Crippen LogP contribution in [0.4, 0.5) is 31.5 Å². The van der Waals surface area contributed by atoms with E-state index in [2.05, 4.69) is 9.97 Å². The van der Waals surface area contributed by atoms with Crippen LogP contribution in [0.25, 0.3) is 10.2 Å². The van der Waals surface area contributed by atoms with Gasteiger partial charge in [0.25, 0.3) is 5.91 Å². The third kappa shape index (κ3) is 5.29. The van der Waals surface area contributed by atoms with Gasteiger partial charge in [-0.25, -0.2) is 4.98 Å². The first-order chi connectivity index (χ1) is 16.3. The summed E-state index contributed by atoms with van der Waals surface area (Å²) in [7, 11) is 0. The lowest BCUT2D eigenvalue weighted by atomic mass is 10.0. The van der Waals surface area contributed by atoms with E-state index in [4.69, 9.17) is 0 Å². The fraction of sp³-hybridized carbons (Fsp3) is 0.208. The predicted molar refractivity (Wildman–Crippen MR) is 120 cm³/mol. The molecule has 0 aliphatic carbocycles. The van der Waals surface area contributed by atoms with Gasteiger partial charge >= 0.3 is 12.4 Å². The van der Waals surface area contributed by atoms with Crippen molar-refractivity contribution < 1.29 is 31.1 Å². The maximum Gasteiger partial charge on any atom is 0.416 e. The van der Waals surface area contributed by atoms with E-state index >= 15 is 0 Å². The van der Waals surface area contributed by atoms with E-state index in [0.29, 0.717) is 23.2 Å². The number of aryl methyl sites for hydroxylation is 2. The van der Waals surface area contributed by atoms with E-state index in [1.165, 1.54) is 12.4 Å². The minimum atomic E-state index is -5.07. The molecule has 1 amide bonds. The molecule has 0 bridgehead atoms. The van der Waals surface area contributed by atoms with Gasteiger partial charge in [-0.1, -0.05) is 17.4 Å². The summed E-state index contributed by atoms with van der Waals surface area (Å²) < 4.78 is 81.0. The molecule has 2 heterocycles. The Morgan fingerprint density at radius 2 is 1.57 bits per heavy atom. The van der Waals surface area contributed by atoms with Gasteiger partial charge in [0.1, 0.15) is 0 Å². The van der Waals surface area contributed by atoms with Crippen molar-refractivity contribution in [2.24, 2.45) is 0 Å². The maximum atomic E-state index is 13.5. The summed E-state index contributed by atoms with van der Waals surface area (Å²) >= 11 is 1.12. The Balaban J connectivity index is 1.86. The fourth-order valence-corrected chi connectivity index (χ4v) is 4.46. The number of nitrogens with zero attached hydrogens (tertiary/aromatic N) is 3. The van der Waals surface area contributed by atoms with Crippen LogP contribution in [0, 0.1) is 13.8 Å². The topological polar surface area (TPSA) is 46.1 Å². The standard InChI is InChI=1S/C24H17F6N3OS/c1-13-6-19-20(7-14(13)2)35-22(32-19)33(12-15-4-3-5-31-11-15)21(34)16-8-17(23(25,26)27)10-18(9-16)24(28,29)30/h3-11H,12H2,1-2H3. The zero-order valence-electron chi connectivity index (χ0n) is 18.3. The second-order valence-electron chi connectivity index (χ2n) is 7.95. The van der Waals surface area contributed by atoms with Gasteiger partial charge < -0.3 is 0 Å². The second kappa shape index (κ2) is 8.95. The lowest BCUT2D eigenvalue weighted by molar-refractivity contribution is -0.143. The molecule has 2 aromatic carbocycles.